The Morgan fingerprint density at radius 1 is 0.833 bits per heavy atom. The Kier molecular flexibility index (Phi) is 3.95. The number of nitrogens with one attached hydrogen (secondary N) is 1. The number of hydrogen-bond donors (Lipinski definition) is 1. The minimum absolute atomic E-state index is 0.792. The Bertz CT molecular complexity index is 278. The van der Waals surface area contributed by atoms with E-state index in [0.29, 0.717) is 0 Å². The molecule has 1 saturated carbocycles. The Morgan fingerprint density at radius 2 is 1.72 bits per heavy atom. The minimum Gasteiger partial charge on any atom is -0.309 e. The van der Waals surface area contributed by atoms with E-state index in [9.17, 15) is 0 Å². The van der Waals surface area contributed by atoms with Gasteiger partial charge in [-0.05, 0) is 44.1 Å². The number of fused-ring (bicyclic) bond motifs is 1. The molecule has 3 rings (SSSR count). The van der Waals surface area contributed by atoms with Crippen LogP contribution in [0, 0.1) is 11.8 Å². The van der Waals surface area contributed by atoms with Gasteiger partial charge in [0, 0.05) is 24.7 Å². The fourth-order valence-corrected chi connectivity index (χ4v) is 4.53. The quantitative estimate of drug-likeness (QED) is 0.810. The Hall–Kier alpha value is -0.0800. The molecule has 0 aromatic heterocycles. The van der Waals surface area contributed by atoms with Crippen LogP contribution in [-0.2, 0) is 0 Å². The molecule has 1 N–H and O–H groups in total. The van der Waals surface area contributed by atoms with Crippen molar-refractivity contribution in [1.29, 1.82) is 0 Å². The van der Waals surface area contributed by atoms with Crippen molar-refractivity contribution in [2.75, 3.05) is 13.1 Å². The first-order chi connectivity index (χ1) is 8.75. The largest absolute Gasteiger partial charge is 0.309 e. The monoisotopic (exact) mass is 250 g/mol. The molecule has 18 heavy (non-hydrogen) atoms. The number of rotatable bonds is 2. The average molecular weight is 250 g/mol. The predicted molar refractivity (Wildman–Crippen MR) is 76.7 cm³/mol. The van der Waals surface area contributed by atoms with E-state index in [1.807, 2.05) is 0 Å². The van der Waals surface area contributed by atoms with Gasteiger partial charge in [0.05, 0.1) is 0 Å². The van der Waals surface area contributed by atoms with Gasteiger partial charge in [0.25, 0.3) is 0 Å². The predicted octanol–water partition coefficient (Wildman–Crippen LogP) is 3.03. The van der Waals surface area contributed by atoms with Crippen LogP contribution in [0.1, 0.15) is 58.8 Å². The SMILES string of the molecule is CC1CCCC(NC2CCN3CCCCC23)C1C. The molecule has 5 atom stereocenters. The fraction of sp³-hybridized carbons (Fsp3) is 1.00. The summed E-state index contributed by atoms with van der Waals surface area (Å²) >= 11 is 0. The molecule has 0 spiro atoms. The fourth-order valence-electron chi connectivity index (χ4n) is 4.53. The van der Waals surface area contributed by atoms with Crippen molar-refractivity contribution < 1.29 is 0 Å². The maximum Gasteiger partial charge on any atom is 0.0249 e. The summed E-state index contributed by atoms with van der Waals surface area (Å²) in [6.45, 7) is 7.62. The van der Waals surface area contributed by atoms with Gasteiger partial charge in [0.15, 0.2) is 0 Å². The molecule has 0 aromatic rings. The van der Waals surface area contributed by atoms with Crippen molar-refractivity contribution >= 4 is 0 Å². The van der Waals surface area contributed by atoms with Gasteiger partial charge in [-0.25, -0.2) is 0 Å². The lowest BCUT2D eigenvalue weighted by Gasteiger charge is -2.39. The van der Waals surface area contributed by atoms with E-state index in [0.717, 1.165) is 30.0 Å². The summed E-state index contributed by atoms with van der Waals surface area (Å²) in [4.78, 5) is 2.75. The lowest BCUT2D eigenvalue weighted by molar-refractivity contribution is 0.150. The van der Waals surface area contributed by atoms with Crippen molar-refractivity contribution in [2.45, 2.75) is 76.9 Å². The lowest BCUT2D eigenvalue weighted by atomic mass is 9.77. The molecule has 2 aliphatic heterocycles. The highest BCUT2D eigenvalue weighted by molar-refractivity contribution is 4.96. The molecule has 3 fully saturated rings. The zero-order valence-electron chi connectivity index (χ0n) is 12.2. The minimum atomic E-state index is 0.792. The van der Waals surface area contributed by atoms with Crippen LogP contribution in [0.2, 0.25) is 0 Å². The topological polar surface area (TPSA) is 15.3 Å². The second-order valence-electron chi connectivity index (χ2n) is 7.03. The number of nitrogens with zero attached hydrogens (tertiary/aromatic N) is 1. The Labute approximate surface area is 113 Å². The lowest BCUT2D eigenvalue weighted by Crippen LogP contribution is -2.51. The molecule has 2 heteroatoms. The summed E-state index contributed by atoms with van der Waals surface area (Å²) in [5, 5.41) is 4.06. The van der Waals surface area contributed by atoms with Gasteiger partial charge in [-0.2, -0.15) is 0 Å². The maximum atomic E-state index is 4.06. The van der Waals surface area contributed by atoms with Crippen molar-refractivity contribution in [3.8, 4) is 0 Å². The molecule has 0 amide bonds. The molecule has 104 valence electrons. The van der Waals surface area contributed by atoms with Crippen molar-refractivity contribution in [3.05, 3.63) is 0 Å². The van der Waals surface area contributed by atoms with Crippen LogP contribution >= 0.6 is 0 Å². The van der Waals surface area contributed by atoms with Crippen LogP contribution in [0.25, 0.3) is 0 Å². The van der Waals surface area contributed by atoms with E-state index in [1.165, 1.54) is 58.0 Å². The van der Waals surface area contributed by atoms with Crippen LogP contribution in [0.5, 0.6) is 0 Å². The summed E-state index contributed by atoms with van der Waals surface area (Å²) in [6.07, 6.45) is 10.0. The molecule has 2 nitrogen and oxygen atoms in total. The van der Waals surface area contributed by atoms with Gasteiger partial charge in [0.1, 0.15) is 0 Å². The smallest absolute Gasteiger partial charge is 0.0249 e. The van der Waals surface area contributed by atoms with Gasteiger partial charge in [-0.3, -0.25) is 4.90 Å². The molecule has 5 unspecified atom stereocenters. The van der Waals surface area contributed by atoms with Gasteiger partial charge in [-0.15, -0.1) is 0 Å². The van der Waals surface area contributed by atoms with Crippen LogP contribution in [0.3, 0.4) is 0 Å². The number of piperidine rings is 1. The van der Waals surface area contributed by atoms with Crippen molar-refractivity contribution in [1.82, 2.24) is 10.2 Å². The first kappa shape index (κ1) is 12.9. The van der Waals surface area contributed by atoms with E-state index >= 15 is 0 Å². The first-order valence-electron chi connectivity index (χ1n) is 8.26. The van der Waals surface area contributed by atoms with Crippen molar-refractivity contribution in [2.24, 2.45) is 11.8 Å². The highest BCUT2D eigenvalue weighted by Crippen LogP contribution is 2.32. The Balaban J connectivity index is 1.59. The summed E-state index contributed by atoms with van der Waals surface area (Å²) in [5.74, 6) is 1.79. The zero-order valence-corrected chi connectivity index (χ0v) is 12.2. The van der Waals surface area contributed by atoms with E-state index in [1.54, 1.807) is 0 Å². The van der Waals surface area contributed by atoms with Gasteiger partial charge < -0.3 is 5.32 Å². The molecule has 2 saturated heterocycles. The van der Waals surface area contributed by atoms with Crippen LogP contribution < -0.4 is 5.32 Å². The van der Waals surface area contributed by atoms with E-state index in [4.69, 9.17) is 0 Å². The molecule has 1 aliphatic carbocycles. The third-order valence-electron chi connectivity index (χ3n) is 5.99. The van der Waals surface area contributed by atoms with Gasteiger partial charge >= 0.3 is 0 Å². The number of hydrogen-bond acceptors (Lipinski definition) is 2. The van der Waals surface area contributed by atoms with Crippen molar-refractivity contribution in [3.63, 3.8) is 0 Å². The van der Waals surface area contributed by atoms with Gasteiger partial charge in [0.2, 0.25) is 0 Å². The summed E-state index contributed by atoms with van der Waals surface area (Å²) < 4.78 is 0. The summed E-state index contributed by atoms with van der Waals surface area (Å²) in [7, 11) is 0. The summed E-state index contributed by atoms with van der Waals surface area (Å²) in [6, 6.07) is 2.45. The Morgan fingerprint density at radius 3 is 2.61 bits per heavy atom. The van der Waals surface area contributed by atoms with E-state index in [-0.39, 0.29) is 0 Å². The normalized spacial score (nSPS) is 46.0. The molecular weight excluding hydrogens is 220 g/mol. The third-order valence-corrected chi connectivity index (χ3v) is 5.99. The maximum absolute atomic E-state index is 4.06. The molecule has 2 heterocycles. The van der Waals surface area contributed by atoms with Crippen LogP contribution in [0.15, 0.2) is 0 Å². The molecular formula is C16H30N2. The average Bonchev–Trinajstić information content (AvgIpc) is 2.79. The van der Waals surface area contributed by atoms with E-state index in [2.05, 4.69) is 24.1 Å². The molecule has 0 bridgehead atoms. The van der Waals surface area contributed by atoms with E-state index < -0.39 is 0 Å². The first-order valence-corrected chi connectivity index (χ1v) is 8.26. The second-order valence-corrected chi connectivity index (χ2v) is 7.03. The second kappa shape index (κ2) is 5.50. The molecule has 0 radical (unpaired) electrons. The van der Waals surface area contributed by atoms with Gasteiger partial charge in [-0.1, -0.05) is 33.1 Å². The molecule has 3 aliphatic rings. The standard InChI is InChI=1S/C16H30N2/c1-12-6-5-7-14(13(12)2)17-15-9-11-18-10-4-3-8-16(15)18/h12-17H,3-11H2,1-2H3. The summed E-state index contributed by atoms with van der Waals surface area (Å²) in [5.41, 5.74) is 0. The molecule has 0 aromatic carbocycles. The highest BCUT2D eigenvalue weighted by Gasteiger charge is 2.38. The highest BCUT2D eigenvalue weighted by atomic mass is 15.2. The zero-order chi connectivity index (χ0) is 12.5. The van der Waals surface area contributed by atoms with Crippen LogP contribution in [-0.4, -0.2) is 36.1 Å². The van der Waals surface area contributed by atoms with Crippen LogP contribution in [0.4, 0.5) is 0 Å². The third kappa shape index (κ3) is 2.46.